The fourth-order valence-electron chi connectivity index (χ4n) is 2.42. The van der Waals surface area contributed by atoms with E-state index >= 15 is 0 Å². The van der Waals surface area contributed by atoms with Crippen molar-refractivity contribution in [3.63, 3.8) is 0 Å². The van der Waals surface area contributed by atoms with Gasteiger partial charge in [0, 0.05) is 17.1 Å². The molecular formula is C19H17BF3NO3. The molecule has 4 nitrogen and oxygen atoms in total. The molecule has 3 N–H and O–H groups in total. The minimum atomic E-state index is -4.37. The van der Waals surface area contributed by atoms with Crippen LogP contribution in [0.1, 0.15) is 5.56 Å². The summed E-state index contributed by atoms with van der Waals surface area (Å²) in [6, 6.07) is 24.0. The van der Waals surface area contributed by atoms with Gasteiger partial charge in [-0.25, -0.2) is 0 Å². The second-order valence-corrected chi connectivity index (χ2v) is 5.40. The molecule has 0 unspecified atom stereocenters. The molecule has 0 atom stereocenters. The molecule has 0 spiro atoms. The van der Waals surface area contributed by atoms with Crippen LogP contribution in [0.3, 0.4) is 0 Å². The number of alkyl halides is 3. The first-order valence-corrected chi connectivity index (χ1v) is 7.91. The summed E-state index contributed by atoms with van der Waals surface area (Å²) < 4.78 is 39.1. The molecule has 0 radical (unpaired) electrons. The van der Waals surface area contributed by atoms with Crippen LogP contribution in [-0.4, -0.2) is 22.4 Å². The van der Waals surface area contributed by atoms with Crippen molar-refractivity contribution >= 4 is 24.4 Å². The van der Waals surface area contributed by atoms with Gasteiger partial charge in [-0.3, -0.25) is 0 Å². The van der Waals surface area contributed by atoms with Gasteiger partial charge < -0.3 is 20.0 Å². The molecule has 3 aromatic rings. The molecule has 0 bridgehead atoms. The van der Waals surface area contributed by atoms with Crippen molar-refractivity contribution in [1.29, 1.82) is 0 Å². The molecule has 27 heavy (non-hydrogen) atoms. The van der Waals surface area contributed by atoms with Gasteiger partial charge in [-0.15, -0.1) is 0 Å². The lowest BCUT2D eigenvalue weighted by molar-refractivity contribution is -0.137. The van der Waals surface area contributed by atoms with Gasteiger partial charge in [-0.2, -0.15) is 13.2 Å². The minimum Gasteiger partial charge on any atom is -0.402 e. The number of nitrogens with zero attached hydrogens (tertiary/aromatic N) is 1. The molecule has 0 aliphatic rings. The zero-order valence-electron chi connectivity index (χ0n) is 14.1. The van der Waals surface area contributed by atoms with E-state index in [4.69, 9.17) is 15.1 Å². The Bertz CT molecular complexity index is 788. The second kappa shape index (κ2) is 9.22. The van der Waals surface area contributed by atoms with Crippen LogP contribution in [0, 0.1) is 0 Å². The van der Waals surface area contributed by atoms with Gasteiger partial charge in [-0.1, -0.05) is 42.5 Å². The van der Waals surface area contributed by atoms with E-state index in [-0.39, 0.29) is 0 Å². The summed E-state index contributed by atoms with van der Waals surface area (Å²) in [6.07, 6.45) is -4.37. The van der Waals surface area contributed by atoms with E-state index in [1.807, 2.05) is 60.7 Å². The van der Waals surface area contributed by atoms with Gasteiger partial charge in [0.2, 0.25) is 0 Å². The third-order valence-corrected chi connectivity index (χ3v) is 3.46. The number of rotatable bonds is 3. The van der Waals surface area contributed by atoms with E-state index in [0.29, 0.717) is 5.69 Å². The second-order valence-electron chi connectivity index (χ2n) is 5.40. The minimum absolute atomic E-state index is 0.470. The molecule has 0 fully saturated rings. The maximum Gasteiger partial charge on any atom is 0.631 e. The zero-order valence-corrected chi connectivity index (χ0v) is 14.1. The molecule has 0 heterocycles. The molecule has 0 saturated carbocycles. The highest BCUT2D eigenvalue weighted by molar-refractivity contribution is 6.30. The van der Waals surface area contributed by atoms with Crippen LogP contribution in [0.15, 0.2) is 84.9 Å². The predicted octanol–water partition coefficient (Wildman–Crippen LogP) is 4.12. The van der Waals surface area contributed by atoms with Gasteiger partial charge >= 0.3 is 13.5 Å². The van der Waals surface area contributed by atoms with E-state index in [1.165, 1.54) is 12.1 Å². The topological polar surface area (TPSA) is 63.9 Å². The number of halogens is 3. The molecule has 140 valence electrons. The van der Waals surface area contributed by atoms with E-state index in [9.17, 15) is 13.2 Å². The van der Waals surface area contributed by atoms with Crippen LogP contribution in [-0.2, 0) is 6.18 Å². The third-order valence-electron chi connectivity index (χ3n) is 3.46. The van der Waals surface area contributed by atoms with Crippen LogP contribution in [0.5, 0.6) is 0 Å². The average molecular weight is 375 g/mol. The lowest BCUT2D eigenvalue weighted by atomic mass is 10.1. The number of para-hydroxylation sites is 2. The summed E-state index contributed by atoms with van der Waals surface area (Å²) >= 11 is 0. The Hall–Kier alpha value is -2.81. The van der Waals surface area contributed by atoms with Crippen molar-refractivity contribution in [3.05, 3.63) is 90.5 Å². The van der Waals surface area contributed by atoms with E-state index in [1.54, 1.807) is 11.0 Å². The molecule has 0 aromatic heterocycles. The fourth-order valence-corrected chi connectivity index (χ4v) is 2.42. The quantitative estimate of drug-likeness (QED) is 0.603. The van der Waals surface area contributed by atoms with E-state index in [0.717, 1.165) is 17.4 Å². The smallest absolute Gasteiger partial charge is 0.402 e. The van der Waals surface area contributed by atoms with Crippen molar-refractivity contribution in [1.82, 2.24) is 0 Å². The normalized spacial score (nSPS) is 10.6. The summed E-state index contributed by atoms with van der Waals surface area (Å²) in [7, 11) is -2.17. The van der Waals surface area contributed by atoms with Crippen LogP contribution in [0.25, 0.3) is 0 Å². The Morgan fingerprint density at radius 2 is 1.04 bits per heavy atom. The highest BCUT2D eigenvalue weighted by Crippen LogP contribution is 2.37. The Morgan fingerprint density at radius 3 is 1.44 bits per heavy atom. The Morgan fingerprint density at radius 1 is 0.630 bits per heavy atom. The van der Waals surface area contributed by atoms with E-state index in [2.05, 4.69) is 0 Å². The van der Waals surface area contributed by atoms with Gasteiger partial charge in [0.05, 0.1) is 5.56 Å². The molecule has 8 heteroatoms. The maximum atomic E-state index is 13.0. The molecule has 0 amide bonds. The third kappa shape index (κ3) is 6.14. The average Bonchev–Trinajstić information content (AvgIpc) is 2.63. The van der Waals surface area contributed by atoms with E-state index < -0.39 is 19.1 Å². The number of benzene rings is 3. The van der Waals surface area contributed by atoms with Gasteiger partial charge in [0.25, 0.3) is 0 Å². The number of anilines is 3. The molecule has 0 saturated heterocycles. The Balaban J connectivity index is 0.000000596. The lowest BCUT2D eigenvalue weighted by Crippen LogP contribution is -2.12. The summed E-state index contributed by atoms with van der Waals surface area (Å²) in [6.45, 7) is 0. The zero-order chi connectivity index (χ0) is 19.9. The first-order chi connectivity index (χ1) is 12.8. The van der Waals surface area contributed by atoms with Crippen molar-refractivity contribution in [2.24, 2.45) is 0 Å². The van der Waals surface area contributed by atoms with Crippen molar-refractivity contribution in [3.8, 4) is 0 Å². The van der Waals surface area contributed by atoms with Crippen molar-refractivity contribution in [2.75, 3.05) is 4.90 Å². The SMILES string of the molecule is FC(F)(F)c1cccc(N(c2ccccc2)c2ccccc2)c1.OB(O)O. The van der Waals surface area contributed by atoms with Crippen molar-refractivity contribution < 1.29 is 28.2 Å². The number of hydrogen-bond donors (Lipinski definition) is 3. The van der Waals surface area contributed by atoms with Gasteiger partial charge in [0.1, 0.15) is 0 Å². The van der Waals surface area contributed by atoms with Crippen molar-refractivity contribution in [2.45, 2.75) is 6.18 Å². The molecule has 0 aliphatic carbocycles. The van der Waals surface area contributed by atoms with Crippen LogP contribution in [0.2, 0.25) is 0 Å². The fraction of sp³-hybridized carbons (Fsp3) is 0.0526. The highest BCUT2D eigenvalue weighted by Gasteiger charge is 2.31. The first kappa shape index (κ1) is 20.5. The summed E-state index contributed by atoms with van der Waals surface area (Å²) in [5, 5.41) is 21.5. The molecule has 0 aliphatic heterocycles. The van der Waals surface area contributed by atoms with Gasteiger partial charge in [-0.05, 0) is 42.5 Å². The summed E-state index contributed by atoms with van der Waals surface area (Å²) in [4.78, 5) is 1.80. The van der Waals surface area contributed by atoms with Crippen LogP contribution < -0.4 is 4.90 Å². The Labute approximate surface area is 154 Å². The van der Waals surface area contributed by atoms with Crippen LogP contribution >= 0.6 is 0 Å². The monoisotopic (exact) mass is 375 g/mol. The standard InChI is InChI=1S/C19H14F3N.BH3O3/c20-19(21,22)15-8-7-13-18(14-15)23(16-9-3-1-4-10-16)17-11-5-2-6-12-17;2-1(3)4/h1-14H;2-4H. The highest BCUT2D eigenvalue weighted by atomic mass is 19.4. The lowest BCUT2D eigenvalue weighted by Gasteiger charge is -2.26. The number of hydrogen-bond acceptors (Lipinski definition) is 4. The largest absolute Gasteiger partial charge is 0.631 e. The molecule has 3 aromatic carbocycles. The first-order valence-electron chi connectivity index (χ1n) is 7.91. The molecule has 3 rings (SSSR count). The van der Waals surface area contributed by atoms with Crippen LogP contribution in [0.4, 0.5) is 30.2 Å². The Kier molecular flexibility index (Phi) is 7.01. The maximum absolute atomic E-state index is 13.0. The summed E-state index contributed by atoms with van der Waals surface area (Å²) in [5.74, 6) is 0. The van der Waals surface area contributed by atoms with Gasteiger partial charge in [0.15, 0.2) is 0 Å². The predicted molar refractivity (Wildman–Crippen MR) is 98.5 cm³/mol. The summed E-state index contributed by atoms with van der Waals surface area (Å²) in [5.41, 5.74) is 1.42. The molecular weight excluding hydrogens is 358 g/mol.